The van der Waals surface area contributed by atoms with Crippen molar-refractivity contribution < 1.29 is 22.7 Å². The maximum Gasteiger partial charge on any atom is 0.257 e. The van der Waals surface area contributed by atoms with Crippen molar-refractivity contribution in [3.8, 4) is 17.0 Å². The number of benzene rings is 2. The first-order chi connectivity index (χ1) is 17.6. The molecule has 8 nitrogen and oxygen atoms in total. The van der Waals surface area contributed by atoms with Gasteiger partial charge in [-0.1, -0.05) is 0 Å². The van der Waals surface area contributed by atoms with Gasteiger partial charge in [0.2, 0.25) is 0 Å². The molecule has 1 saturated heterocycles. The average Bonchev–Trinajstić information content (AvgIpc) is 3.16. The first-order valence-corrected chi connectivity index (χ1v) is 14.3. The fourth-order valence-corrected chi connectivity index (χ4v) is 5.28. The maximum absolute atomic E-state index is 13.0. The molecule has 4 rings (SSSR count). The molecule has 2 aromatic carbocycles. The van der Waals surface area contributed by atoms with Crippen LogP contribution < -0.4 is 10.1 Å². The fraction of sp³-hybridized carbons (Fsp3) is 0.393. The molecule has 9 heteroatoms. The Bertz CT molecular complexity index is 1360. The lowest BCUT2D eigenvalue weighted by molar-refractivity contribution is 0.0358. The molecule has 198 valence electrons. The number of ether oxygens (including phenoxy) is 2. The second-order valence-corrected chi connectivity index (χ2v) is 11.5. The van der Waals surface area contributed by atoms with Gasteiger partial charge in [0.1, 0.15) is 5.75 Å². The van der Waals surface area contributed by atoms with E-state index < -0.39 is 9.84 Å². The minimum absolute atomic E-state index is 0.212. The lowest BCUT2D eigenvalue weighted by atomic mass is 10.0. The Balaban J connectivity index is 1.42. The largest absolute Gasteiger partial charge is 0.494 e. The van der Waals surface area contributed by atoms with E-state index >= 15 is 0 Å². The van der Waals surface area contributed by atoms with Gasteiger partial charge >= 0.3 is 0 Å². The molecule has 0 bridgehead atoms. The van der Waals surface area contributed by atoms with Crippen molar-refractivity contribution in [3.05, 3.63) is 65.4 Å². The van der Waals surface area contributed by atoms with Gasteiger partial charge < -0.3 is 19.4 Å². The minimum Gasteiger partial charge on any atom is -0.494 e. The highest BCUT2D eigenvalue weighted by molar-refractivity contribution is 7.90. The molecule has 0 spiro atoms. The van der Waals surface area contributed by atoms with Crippen molar-refractivity contribution >= 4 is 21.4 Å². The normalized spacial score (nSPS) is 14.5. The lowest BCUT2D eigenvalue weighted by Gasteiger charge is -2.26. The van der Waals surface area contributed by atoms with Crippen molar-refractivity contribution in [1.29, 1.82) is 0 Å². The van der Waals surface area contributed by atoms with E-state index in [9.17, 15) is 13.2 Å². The summed E-state index contributed by atoms with van der Waals surface area (Å²) in [7, 11) is -1.36. The van der Waals surface area contributed by atoms with Gasteiger partial charge in [-0.3, -0.25) is 9.69 Å². The number of carbonyl (C=O) groups excluding carboxylic acids is 1. The van der Waals surface area contributed by atoms with Gasteiger partial charge in [0, 0.05) is 50.4 Å². The van der Waals surface area contributed by atoms with Gasteiger partial charge in [-0.05, 0) is 73.9 Å². The van der Waals surface area contributed by atoms with Crippen LogP contribution in [-0.2, 0) is 21.6 Å². The molecule has 3 aromatic rings. The van der Waals surface area contributed by atoms with Gasteiger partial charge in [-0.2, -0.15) is 0 Å². The van der Waals surface area contributed by atoms with Crippen molar-refractivity contribution in [2.75, 3.05) is 51.0 Å². The number of carbonyl (C=O) groups is 1. The third-order valence-electron chi connectivity index (χ3n) is 6.66. The van der Waals surface area contributed by atoms with Gasteiger partial charge in [0.05, 0.1) is 36.0 Å². The molecule has 1 aliphatic rings. The van der Waals surface area contributed by atoms with Crippen molar-refractivity contribution in [1.82, 2.24) is 9.47 Å². The molecule has 2 heterocycles. The summed E-state index contributed by atoms with van der Waals surface area (Å²) in [4.78, 5) is 15.7. The third-order valence-corrected chi connectivity index (χ3v) is 7.79. The predicted octanol–water partition coefficient (Wildman–Crippen LogP) is 4.07. The number of rotatable bonds is 9. The zero-order valence-corrected chi connectivity index (χ0v) is 22.7. The molecule has 0 saturated carbocycles. The Morgan fingerprint density at radius 3 is 2.43 bits per heavy atom. The molecule has 1 aliphatic heterocycles. The molecule has 0 atom stereocenters. The van der Waals surface area contributed by atoms with E-state index in [1.807, 2.05) is 49.9 Å². The van der Waals surface area contributed by atoms with Gasteiger partial charge in [-0.15, -0.1) is 0 Å². The van der Waals surface area contributed by atoms with Crippen LogP contribution in [0, 0.1) is 13.8 Å². The Morgan fingerprint density at radius 1 is 1.08 bits per heavy atom. The van der Waals surface area contributed by atoms with Crippen LogP contribution in [0.5, 0.6) is 5.75 Å². The molecule has 0 aliphatic carbocycles. The number of anilines is 1. The van der Waals surface area contributed by atoms with E-state index in [-0.39, 0.29) is 10.8 Å². The van der Waals surface area contributed by atoms with Crippen molar-refractivity contribution in [2.24, 2.45) is 7.05 Å². The van der Waals surface area contributed by atoms with E-state index in [1.54, 1.807) is 12.1 Å². The highest BCUT2D eigenvalue weighted by atomic mass is 32.2. The molecule has 1 fully saturated rings. The van der Waals surface area contributed by atoms with Crippen LogP contribution in [0.25, 0.3) is 11.3 Å². The van der Waals surface area contributed by atoms with Crippen LogP contribution in [-0.4, -0.2) is 69.5 Å². The number of nitrogens with zero attached hydrogens (tertiary/aromatic N) is 2. The number of sulfone groups is 1. The lowest BCUT2D eigenvalue weighted by Crippen LogP contribution is -2.37. The zero-order chi connectivity index (χ0) is 26.6. The number of amides is 1. The smallest absolute Gasteiger partial charge is 0.257 e. The van der Waals surface area contributed by atoms with Gasteiger partial charge in [0.25, 0.3) is 5.91 Å². The summed E-state index contributed by atoms with van der Waals surface area (Å²) in [5.74, 6) is 0.593. The standard InChI is InChI=1S/C28H35N3O5S/c1-20-18-23(36-15-5-12-31-13-16-35-17-14-31)8-11-25(20)27-21(2)26(19-30(27)3)28(32)29-22-6-9-24(10-7-22)37(4,33)34/h6-11,18-19H,5,12-17H2,1-4H3,(H,29,32). The van der Waals surface area contributed by atoms with Crippen LogP contribution >= 0.6 is 0 Å². The average molecular weight is 526 g/mol. The molecule has 0 unspecified atom stereocenters. The second kappa shape index (κ2) is 11.5. The number of morpholine rings is 1. The topological polar surface area (TPSA) is 89.9 Å². The van der Waals surface area contributed by atoms with E-state index in [4.69, 9.17) is 9.47 Å². The molecule has 0 radical (unpaired) electrons. The Labute approximate surface area is 219 Å². The molecule has 1 amide bonds. The SMILES string of the molecule is Cc1cc(OCCCN2CCOCC2)ccc1-c1c(C)c(C(=O)Nc2ccc(S(C)(=O)=O)cc2)cn1C. The minimum atomic E-state index is -3.29. The monoisotopic (exact) mass is 525 g/mol. The molecular weight excluding hydrogens is 490 g/mol. The first-order valence-electron chi connectivity index (χ1n) is 12.4. The summed E-state index contributed by atoms with van der Waals surface area (Å²) in [5, 5.41) is 2.87. The van der Waals surface area contributed by atoms with E-state index in [1.165, 1.54) is 12.1 Å². The summed E-state index contributed by atoms with van der Waals surface area (Å²) in [5.41, 5.74) is 5.04. The van der Waals surface area contributed by atoms with Crippen LogP contribution in [0.3, 0.4) is 0 Å². The Morgan fingerprint density at radius 2 is 1.78 bits per heavy atom. The third kappa shape index (κ3) is 6.60. The Hall–Kier alpha value is -3.14. The number of aryl methyl sites for hydroxylation is 2. The Kier molecular flexibility index (Phi) is 8.36. The zero-order valence-electron chi connectivity index (χ0n) is 21.9. The number of aromatic nitrogens is 1. The summed E-state index contributed by atoms with van der Waals surface area (Å²) < 4.78 is 36.7. The van der Waals surface area contributed by atoms with Crippen molar-refractivity contribution in [3.63, 3.8) is 0 Å². The molecule has 1 N–H and O–H groups in total. The quantitative estimate of drug-likeness (QED) is 0.424. The molecule has 1 aromatic heterocycles. The van der Waals surface area contributed by atoms with Crippen LogP contribution in [0.1, 0.15) is 27.9 Å². The van der Waals surface area contributed by atoms with Gasteiger partial charge in [0.15, 0.2) is 9.84 Å². The number of nitrogens with one attached hydrogen (secondary N) is 1. The van der Waals surface area contributed by atoms with E-state index in [2.05, 4.69) is 10.2 Å². The van der Waals surface area contributed by atoms with Crippen LogP contribution in [0.4, 0.5) is 5.69 Å². The number of hydrogen-bond acceptors (Lipinski definition) is 6. The van der Waals surface area contributed by atoms with Crippen molar-refractivity contribution in [2.45, 2.75) is 25.2 Å². The highest BCUT2D eigenvalue weighted by Gasteiger charge is 2.19. The van der Waals surface area contributed by atoms with E-state index in [0.29, 0.717) is 17.9 Å². The van der Waals surface area contributed by atoms with Gasteiger partial charge in [-0.25, -0.2) is 8.42 Å². The summed E-state index contributed by atoms with van der Waals surface area (Å²) >= 11 is 0. The summed E-state index contributed by atoms with van der Waals surface area (Å²) in [6.07, 6.45) is 3.94. The number of hydrogen-bond donors (Lipinski definition) is 1. The molecular formula is C28H35N3O5S. The highest BCUT2D eigenvalue weighted by Crippen LogP contribution is 2.32. The first kappa shape index (κ1) is 26.9. The fourth-order valence-electron chi connectivity index (χ4n) is 4.65. The predicted molar refractivity (Wildman–Crippen MR) is 145 cm³/mol. The van der Waals surface area contributed by atoms with E-state index in [0.717, 1.165) is 73.7 Å². The van der Waals surface area contributed by atoms with Crippen LogP contribution in [0.15, 0.2) is 53.6 Å². The second-order valence-electron chi connectivity index (χ2n) is 9.51. The maximum atomic E-state index is 13.0. The van der Waals surface area contributed by atoms with Crippen LogP contribution in [0.2, 0.25) is 0 Å². The molecule has 37 heavy (non-hydrogen) atoms. The summed E-state index contributed by atoms with van der Waals surface area (Å²) in [6, 6.07) is 12.2. The summed E-state index contributed by atoms with van der Waals surface area (Å²) in [6.45, 7) is 9.24.